The molecule has 1 aromatic carbocycles. The summed E-state index contributed by atoms with van der Waals surface area (Å²) in [5.74, 6) is -1.37. The molecule has 1 aliphatic heterocycles. The molecule has 2 aromatic heterocycles. The quantitative estimate of drug-likeness (QED) is 0.537. The molecule has 12 heteroatoms. The van der Waals surface area contributed by atoms with Crippen molar-refractivity contribution in [1.82, 2.24) is 29.6 Å². The van der Waals surface area contributed by atoms with Gasteiger partial charge < -0.3 is 10.0 Å². The van der Waals surface area contributed by atoms with Crippen LogP contribution in [-0.2, 0) is 16.6 Å². The molecule has 3 aromatic rings. The normalized spacial score (nSPS) is 15.9. The summed E-state index contributed by atoms with van der Waals surface area (Å²) < 4.78 is 29.2. The van der Waals surface area contributed by atoms with Gasteiger partial charge in [-0.1, -0.05) is 11.3 Å². The van der Waals surface area contributed by atoms with Crippen molar-refractivity contribution in [3.63, 3.8) is 0 Å². The first-order chi connectivity index (χ1) is 15.2. The summed E-state index contributed by atoms with van der Waals surface area (Å²) in [5, 5.41) is 16.9. The Morgan fingerprint density at radius 3 is 2.75 bits per heavy atom. The fourth-order valence-electron chi connectivity index (χ4n) is 3.22. The van der Waals surface area contributed by atoms with Crippen LogP contribution in [0.4, 0.5) is 0 Å². The van der Waals surface area contributed by atoms with E-state index in [-0.39, 0.29) is 29.1 Å². The molecule has 2 N–H and O–H groups in total. The third-order valence-electron chi connectivity index (χ3n) is 5.18. The maximum atomic E-state index is 12.7. The van der Waals surface area contributed by atoms with Gasteiger partial charge in [-0.2, -0.15) is 0 Å². The largest absolute Gasteiger partial charge is 0.477 e. The number of aromatic carboxylic acids is 1. The van der Waals surface area contributed by atoms with Crippen LogP contribution in [-0.4, -0.2) is 62.9 Å². The number of carbonyl (C=O) groups excluding carboxylic acids is 1. The van der Waals surface area contributed by atoms with Gasteiger partial charge in [0.25, 0.3) is 5.91 Å². The SMILES string of the molecule is C[C@H]1CCN1C(=O)c1cccc(S(=O)(=O)NCc2cn(-c3ccnc(C(=O)O)c3)nn2)c1. The number of pyridine rings is 1. The molecule has 3 heterocycles. The molecule has 4 rings (SSSR count). The maximum Gasteiger partial charge on any atom is 0.354 e. The summed E-state index contributed by atoms with van der Waals surface area (Å²) >= 11 is 0. The molecule has 166 valence electrons. The van der Waals surface area contributed by atoms with Gasteiger partial charge in [-0.15, -0.1) is 5.10 Å². The van der Waals surface area contributed by atoms with Crippen LogP contribution < -0.4 is 4.72 Å². The minimum atomic E-state index is -3.90. The first-order valence-electron chi connectivity index (χ1n) is 9.76. The molecule has 32 heavy (non-hydrogen) atoms. The summed E-state index contributed by atoms with van der Waals surface area (Å²) in [6.45, 7) is 2.47. The third-order valence-corrected chi connectivity index (χ3v) is 6.58. The first kappa shape index (κ1) is 21.6. The van der Waals surface area contributed by atoms with E-state index in [1.165, 1.54) is 41.3 Å². The molecule has 0 spiro atoms. The Balaban J connectivity index is 1.46. The molecule has 1 amide bonds. The van der Waals surface area contributed by atoms with Crippen molar-refractivity contribution in [2.45, 2.75) is 30.8 Å². The van der Waals surface area contributed by atoms with Gasteiger partial charge in [-0.3, -0.25) is 4.79 Å². The number of likely N-dealkylation sites (tertiary alicyclic amines) is 1. The van der Waals surface area contributed by atoms with Crippen molar-refractivity contribution in [3.05, 3.63) is 65.7 Å². The molecule has 0 aliphatic carbocycles. The monoisotopic (exact) mass is 456 g/mol. The maximum absolute atomic E-state index is 12.7. The average Bonchev–Trinajstić information content (AvgIpc) is 3.26. The minimum absolute atomic E-state index is 0.0239. The van der Waals surface area contributed by atoms with Gasteiger partial charge in [-0.25, -0.2) is 27.6 Å². The van der Waals surface area contributed by atoms with Crippen molar-refractivity contribution >= 4 is 21.9 Å². The van der Waals surface area contributed by atoms with Crippen LogP contribution >= 0.6 is 0 Å². The lowest BCUT2D eigenvalue weighted by molar-refractivity contribution is 0.0501. The van der Waals surface area contributed by atoms with E-state index in [2.05, 4.69) is 20.0 Å². The third kappa shape index (κ3) is 4.36. The summed E-state index contributed by atoms with van der Waals surface area (Å²) in [6, 6.07) is 8.93. The zero-order chi connectivity index (χ0) is 22.9. The fraction of sp³-hybridized carbons (Fsp3) is 0.250. The summed E-state index contributed by atoms with van der Waals surface area (Å²) in [4.78, 5) is 29.0. The molecular formula is C20H20N6O5S. The molecule has 1 aliphatic rings. The zero-order valence-corrected chi connectivity index (χ0v) is 17.9. The Labute approximate surface area is 183 Å². The van der Waals surface area contributed by atoms with Crippen LogP contribution in [0.2, 0.25) is 0 Å². The van der Waals surface area contributed by atoms with Crippen molar-refractivity contribution < 1.29 is 23.1 Å². The Morgan fingerprint density at radius 1 is 1.25 bits per heavy atom. The van der Waals surface area contributed by atoms with Gasteiger partial charge in [0.2, 0.25) is 10.0 Å². The van der Waals surface area contributed by atoms with Crippen molar-refractivity contribution in [3.8, 4) is 5.69 Å². The number of carboxylic acid groups (broad SMARTS) is 1. The van der Waals surface area contributed by atoms with E-state index in [0.717, 1.165) is 6.42 Å². The Kier molecular flexibility index (Phi) is 5.72. The van der Waals surface area contributed by atoms with Crippen LogP contribution in [0.3, 0.4) is 0 Å². The van der Waals surface area contributed by atoms with E-state index in [9.17, 15) is 18.0 Å². The number of sulfonamides is 1. The summed E-state index contributed by atoms with van der Waals surface area (Å²) in [6.07, 6.45) is 3.75. The number of nitrogens with zero attached hydrogens (tertiary/aromatic N) is 5. The number of rotatable bonds is 7. The van der Waals surface area contributed by atoms with Crippen LogP contribution in [0, 0.1) is 0 Å². The smallest absolute Gasteiger partial charge is 0.354 e. The lowest BCUT2D eigenvalue weighted by Gasteiger charge is -2.38. The van der Waals surface area contributed by atoms with Gasteiger partial charge in [0, 0.05) is 24.3 Å². The van der Waals surface area contributed by atoms with Crippen LogP contribution in [0.5, 0.6) is 0 Å². The molecule has 1 saturated heterocycles. The van der Waals surface area contributed by atoms with Gasteiger partial charge in [-0.05, 0) is 43.7 Å². The van der Waals surface area contributed by atoms with Crippen LogP contribution in [0.25, 0.3) is 5.69 Å². The molecule has 0 bridgehead atoms. The second-order valence-corrected chi connectivity index (χ2v) is 9.11. The molecule has 0 radical (unpaired) electrons. The predicted molar refractivity (Wildman–Crippen MR) is 112 cm³/mol. The highest BCUT2D eigenvalue weighted by atomic mass is 32.2. The number of carboxylic acids is 1. The molecule has 1 atom stereocenters. The zero-order valence-electron chi connectivity index (χ0n) is 17.0. The lowest BCUT2D eigenvalue weighted by atomic mass is 10.0. The van der Waals surface area contributed by atoms with Gasteiger partial charge >= 0.3 is 5.97 Å². The average molecular weight is 456 g/mol. The van der Waals surface area contributed by atoms with E-state index >= 15 is 0 Å². The van der Waals surface area contributed by atoms with Gasteiger partial charge in [0.05, 0.1) is 29.0 Å². The van der Waals surface area contributed by atoms with E-state index in [1.54, 1.807) is 17.0 Å². The molecule has 1 fully saturated rings. The number of nitrogens with one attached hydrogen (secondary N) is 1. The minimum Gasteiger partial charge on any atom is -0.477 e. The van der Waals surface area contributed by atoms with E-state index in [4.69, 9.17) is 5.11 Å². The lowest BCUT2D eigenvalue weighted by Crippen LogP contribution is -2.49. The second-order valence-electron chi connectivity index (χ2n) is 7.35. The molecular weight excluding hydrogens is 436 g/mol. The molecule has 0 saturated carbocycles. The number of aromatic nitrogens is 4. The number of benzene rings is 1. The number of hydrogen-bond donors (Lipinski definition) is 2. The number of amides is 1. The summed E-state index contributed by atoms with van der Waals surface area (Å²) in [7, 11) is -3.90. The highest BCUT2D eigenvalue weighted by Crippen LogP contribution is 2.21. The van der Waals surface area contributed by atoms with E-state index in [0.29, 0.717) is 23.5 Å². The Hall–Kier alpha value is -3.64. The number of hydrogen-bond acceptors (Lipinski definition) is 7. The number of carbonyl (C=O) groups is 2. The highest BCUT2D eigenvalue weighted by Gasteiger charge is 2.29. The fourth-order valence-corrected chi connectivity index (χ4v) is 4.26. The van der Waals surface area contributed by atoms with Crippen LogP contribution in [0.1, 0.15) is 39.9 Å². The van der Waals surface area contributed by atoms with Crippen molar-refractivity contribution in [2.24, 2.45) is 0 Å². The summed E-state index contributed by atoms with van der Waals surface area (Å²) in [5.41, 5.74) is 0.911. The second kappa shape index (κ2) is 8.48. The Morgan fingerprint density at radius 2 is 2.06 bits per heavy atom. The molecule has 0 unspecified atom stereocenters. The van der Waals surface area contributed by atoms with E-state index < -0.39 is 16.0 Å². The van der Waals surface area contributed by atoms with Crippen LogP contribution in [0.15, 0.2) is 53.7 Å². The standard InChI is InChI=1S/C20H20N6O5S/c1-13-6-8-25(13)19(27)14-3-2-4-17(9-14)32(30,31)22-11-15-12-26(24-23-15)16-5-7-21-18(10-16)20(28)29/h2-5,7,9-10,12-13,22H,6,8,11H2,1H3,(H,28,29)/t13-/m0/s1. The molecule has 11 nitrogen and oxygen atoms in total. The van der Waals surface area contributed by atoms with Gasteiger partial charge in [0.1, 0.15) is 5.69 Å². The predicted octanol–water partition coefficient (Wildman–Crippen LogP) is 1.07. The van der Waals surface area contributed by atoms with Gasteiger partial charge in [0.15, 0.2) is 0 Å². The Bertz CT molecular complexity index is 1290. The first-order valence-corrected chi connectivity index (χ1v) is 11.2. The highest BCUT2D eigenvalue weighted by molar-refractivity contribution is 7.89. The topological polar surface area (TPSA) is 147 Å². The van der Waals surface area contributed by atoms with E-state index in [1.807, 2.05) is 6.92 Å². The van der Waals surface area contributed by atoms with Crippen molar-refractivity contribution in [2.75, 3.05) is 6.54 Å². The van der Waals surface area contributed by atoms with Crippen molar-refractivity contribution in [1.29, 1.82) is 0 Å².